The predicted molar refractivity (Wildman–Crippen MR) is 160 cm³/mol. The van der Waals surface area contributed by atoms with Crippen LogP contribution in [-0.2, 0) is 28.7 Å². The quantitative estimate of drug-likeness (QED) is 0.112. The molecule has 2 unspecified atom stereocenters. The van der Waals surface area contributed by atoms with E-state index in [-0.39, 0.29) is 35.3 Å². The van der Waals surface area contributed by atoms with Crippen molar-refractivity contribution in [1.82, 2.24) is 0 Å². The minimum Gasteiger partial charge on any atom is -0.381 e. The molecule has 0 spiro atoms. The lowest BCUT2D eigenvalue weighted by Crippen LogP contribution is -2.27. The highest BCUT2D eigenvalue weighted by Gasteiger charge is 2.28. The molecule has 42 heavy (non-hydrogen) atoms. The SMILES string of the molecule is CCCCCCOCCCCCc1ccc(-c2cc3c(c(F)c2F)CC(OCC(F)CCCCCC)CC3)c(F)c1F. The molecule has 0 saturated carbocycles. The Morgan fingerprint density at radius 2 is 1.43 bits per heavy atom. The molecule has 0 saturated heterocycles. The highest BCUT2D eigenvalue weighted by Crippen LogP contribution is 2.36. The summed E-state index contributed by atoms with van der Waals surface area (Å²) in [6.45, 7) is 5.63. The van der Waals surface area contributed by atoms with Gasteiger partial charge in [0.1, 0.15) is 6.17 Å². The van der Waals surface area contributed by atoms with Crippen molar-refractivity contribution < 1.29 is 31.4 Å². The first-order chi connectivity index (χ1) is 20.4. The van der Waals surface area contributed by atoms with Gasteiger partial charge in [-0.2, -0.15) is 0 Å². The summed E-state index contributed by atoms with van der Waals surface area (Å²) in [5.74, 6) is -4.44. The van der Waals surface area contributed by atoms with E-state index in [1.165, 1.54) is 37.5 Å². The largest absolute Gasteiger partial charge is 0.381 e. The van der Waals surface area contributed by atoms with Crippen LogP contribution in [0.2, 0.25) is 0 Å². The number of benzene rings is 2. The Balaban J connectivity index is 1.54. The van der Waals surface area contributed by atoms with Gasteiger partial charge < -0.3 is 9.47 Å². The lowest BCUT2D eigenvalue weighted by atomic mass is 9.86. The van der Waals surface area contributed by atoms with Crippen LogP contribution in [0.15, 0.2) is 18.2 Å². The highest BCUT2D eigenvalue weighted by atomic mass is 19.2. The van der Waals surface area contributed by atoms with Crippen LogP contribution in [0, 0.1) is 23.3 Å². The van der Waals surface area contributed by atoms with Gasteiger partial charge in [0.25, 0.3) is 0 Å². The van der Waals surface area contributed by atoms with Crippen molar-refractivity contribution >= 4 is 0 Å². The Kier molecular flexibility index (Phi) is 15.3. The summed E-state index contributed by atoms with van der Waals surface area (Å²) in [6, 6.07) is 4.23. The number of alkyl halides is 1. The van der Waals surface area contributed by atoms with Gasteiger partial charge in [0.15, 0.2) is 23.3 Å². The van der Waals surface area contributed by atoms with Gasteiger partial charge in [0.05, 0.1) is 12.7 Å². The Hall–Kier alpha value is -1.99. The monoisotopic (exact) mass is 596 g/mol. The fraction of sp³-hybridized carbons (Fsp3) is 0.657. The second-order valence-electron chi connectivity index (χ2n) is 11.7. The zero-order chi connectivity index (χ0) is 30.3. The molecule has 0 radical (unpaired) electrons. The van der Waals surface area contributed by atoms with E-state index in [1.54, 1.807) is 0 Å². The van der Waals surface area contributed by atoms with Crippen molar-refractivity contribution in [3.63, 3.8) is 0 Å². The molecule has 1 aliphatic carbocycles. The number of fused-ring (bicyclic) bond motifs is 1. The number of halogens is 5. The lowest BCUT2D eigenvalue weighted by molar-refractivity contribution is 0.00865. The molecule has 0 N–H and O–H groups in total. The summed E-state index contributed by atoms with van der Waals surface area (Å²) in [7, 11) is 0. The minimum atomic E-state index is -1.20. The van der Waals surface area contributed by atoms with Gasteiger partial charge in [-0.05, 0) is 67.7 Å². The summed E-state index contributed by atoms with van der Waals surface area (Å²) in [4.78, 5) is 0. The molecule has 2 aromatic carbocycles. The maximum atomic E-state index is 15.2. The number of ether oxygens (including phenoxy) is 2. The van der Waals surface area contributed by atoms with E-state index in [0.717, 1.165) is 51.6 Å². The Bertz CT molecular complexity index is 1090. The summed E-state index contributed by atoms with van der Waals surface area (Å²) in [6.07, 6.45) is 11.3. The molecule has 0 fully saturated rings. The average Bonchev–Trinajstić information content (AvgIpc) is 2.99. The van der Waals surface area contributed by atoms with E-state index >= 15 is 13.2 Å². The molecule has 7 heteroatoms. The first-order valence-electron chi connectivity index (χ1n) is 16.2. The molecule has 0 heterocycles. The van der Waals surface area contributed by atoms with Crippen LogP contribution < -0.4 is 0 Å². The molecule has 2 nitrogen and oxygen atoms in total. The highest BCUT2D eigenvalue weighted by molar-refractivity contribution is 5.67. The topological polar surface area (TPSA) is 18.5 Å². The molecule has 2 atom stereocenters. The third kappa shape index (κ3) is 10.3. The number of hydrogen-bond donors (Lipinski definition) is 0. The maximum Gasteiger partial charge on any atom is 0.167 e. The van der Waals surface area contributed by atoms with E-state index < -0.39 is 35.5 Å². The lowest BCUT2D eigenvalue weighted by Gasteiger charge is -2.27. The molecular formula is C35H49F5O2. The molecule has 0 amide bonds. The molecule has 0 aliphatic heterocycles. The van der Waals surface area contributed by atoms with Crippen molar-refractivity contribution in [3.05, 3.63) is 58.2 Å². The Morgan fingerprint density at radius 3 is 2.14 bits per heavy atom. The molecule has 3 rings (SSSR count). The summed E-state index contributed by atoms with van der Waals surface area (Å²) >= 11 is 0. The van der Waals surface area contributed by atoms with Gasteiger partial charge in [0, 0.05) is 30.8 Å². The second kappa shape index (κ2) is 18.6. The van der Waals surface area contributed by atoms with Crippen LogP contribution in [0.3, 0.4) is 0 Å². The van der Waals surface area contributed by atoms with E-state index in [9.17, 15) is 8.78 Å². The van der Waals surface area contributed by atoms with Crippen molar-refractivity contribution in [2.24, 2.45) is 0 Å². The predicted octanol–water partition coefficient (Wildman–Crippen LogP) is 10.4. The number of unbranched alkanes of at least 4 members (excludes halogenated alkanes) is 8. The number of hydrogen-bond acceptors (Lipinski definition) is 2. The van der Waals surface area contributed by atoms with Gasteiger partial charge in [-0.25, -0.2) is 22.0 Å². The van der Waals surface area contributed by atoms with E-state index in [4.69, 9.17) is 9.47 Å². The standard InChI is InChI=1S/C35H49F5O2/c1-3-5-7-11-15-27(36)24-42-28-18-16-26-22-31(35(40)34(39)30(26)23-28)29-19-17-25(32(37)33(29)38)14-10-9-13-21-41-20-12-8-6-4-2/h17,19,22,27-28H,3-16,18,20-21,23-24H2,1-2H3. The number of rotatable bonds is 20. The molecule has 236 valence electrons. The average molecular weight is 597 g/mol. The molecule has 0 aromatic heterocycles. The smallest absolute Gasteiger partial charge is 0.167 e. The van der Waals surface area contributed by atoms with Crippen LogP contribution in [-0.4, -0.2) is 32.1 Å². The summed E-state index contributed by atoms with van der Waals surface area (Å²) < 4.78 is 86.0. The first kappa shape index (κ1) is 34.5. The van der Waals surface area contributed by atoms with E-state index in [0.29, 0.717) is 44.3 Å². The Morgan fingerprint density at radius 1 is 0.762 bits per heavy atom. The third-order valence-electron chi connectivity index (χ3n) is 8.28. The van der Waals surface area contributed by atoms with Crippen molar-refractivity contribution in [3.8, 4) is 11.1 Å². The van der Waals surface area contributed by atoms with Crippen molar-refractivity contribution in [2.75, 3.05) is 19.8 Å². The fourth-order valence-electron chi connectivity index (χ4n) is 5.68. The summed E-state index contributed by atoms with van der Waals surface area (Å²) in [5.41, 5.74) is 0.395. The van der Waals surface area contributed by atoms with Crippen LogP contribution in [0.1, 0.15) is 114 Å². The zero-order valence-electron chi connectivity index (χ0n) is 25.5. The third-order valence-corrected chi connectivity index (χ3v) is 8.28. The minimum absolute atomic E-state index is 0.0575. The van der Waals surface area contributed by atoms with Crippen LogP contribution in [0.25, 0.3) is 11.1 Å². The van der Waals surface area contributed by atoms with E-state index in [1.807, 2.05) is 0 Å². The van der Waals surface area contributed by atoms with Crippen molar-refractivity contribution in [2.45, 2.75) is 129 Å². The van der Waals surface area contributed by atoms with Gasteiger partial charge in [0.2, 0.25) is 0 Å². The molecule has 2 aromatic rings. The van der Waals surface area contributed by atoms with Crippen LogP contribution >= 0.6 is 0 Å². The molecule has 0 bridgehead atoms. The van der Waals surface area contributed by atoms with Gasteiger partial charge >= 0.3 is 0 Å². The zero-order valence-corrected chi connectivity index (χ0v) is 25.5. The Labute approximate surface area is 249 Å². The normalized spacial score (nSPS) is 15.6. The first-order valence-corrected chi connectivity index (χ1v) is 16.2. The number of aryl methyl sites for hydroxylation is 2. The summed E-state index contributed by atoms with van der Waals surface area (Å²) in [5, 5.41) is 0. The van der Waals surface area contributed by atoms with E-state index in [2.05, 4.69) is 13.8 Å². The molecule has 1 aliphatic rings. The molecular weight excluding hydrogens is 547 g/mol. The second-order valence-corrected chi connectivity index (χ2v) is 11.7. The van der Waals surface area contributed by atoms with Crippen molar-refractivity contribution in [1.29, 1.82) is 0 Å². The fourth-order valence-corrected chi connectivity index (χ4v) is 5.68. The van der Waals surface area contributed by atoms with Crippen LogP contribution in [0.4, 0.5) is 22.0 Å². The maximum absolute atomic E-state index is 15.2. The van der Waals surface area contributed by atoms with Crippen LogP contribution in [0.5, 0.6) is 0 Å². The van der Waals surface area contributed by atoms with Gasteiger partial charge in [-0.1, -0.05) is 77.3 Å². The van der Waals surface area contributed by atoms with Gasteiger partial charge in [-0.3, -0.25) is 0 Å². The van der Waals surface area contributed by atoms with Gasteiger partial charge in [-0.15, -0.1) is 0 Å².